The quantitative estimate of drug-likeness (QED) is 0.578. The minimum atomic E-state index is -0.310. The lowest BCUT2D eigenvalue weighted by Gasteiger charge is -2.11. The third-order valence-corrected chi connectivity index (χ3v) is 4.34. The number of hydrogen-bond donors (Lipinski definition) is 2. The fourth-order valence-electron chi connectivity index (χ4n) is 3.01. The molecule has 0 radical (unpaired) electrons. The molecule has 6 nitrogen and oxygen atoms in total. The number of fused-ring (bicyclic) bond motifs is 2. The zero-order chi connectivity index (χ0) is 18.1. The van der Waals surface area contributed by atoms with Crippen molar-refractivity contribution in [2.45, 2.75) is 0 Å². The van der Waals surface area contributed by atoms with Crippen molar-refractivity contribution in [1.82, 2.24) is 9.55 Å². The van der Waals surface area contributed by atoms with Gasteiger partial charge in [0.15, 0.2) is 0 Å². The number of rotatable bonds is 3. The molecule has 0 aliphatic rings. The predicted molar refractivity (Wildman–Crippen MR) is 104 cm³/mol. The lowest BCUT2D eigenvalue weighted by atomic mass is 10.2. The van der Waals surface area contributed by atoms with Gasteiger partial charge in [0.25, 0.3) is 0 Å². The van der Waals surface area contributed by atoms with E-state index in [9.17, 15) is 4.79 Å². The lowest BCUT2D eigenvalue weighted by Crippen LogP contribution is -2.19. The van der Waals surface area contributed by atoms with Gasteiger partial charge in [-0.15, -0.1) is 0 Å². The largest absolute Gasteiger partial charge is 0.497 e. The smallest absolute Gasteiger partial charge is 0.323 e. The molecule has 0 fully saturated rings. The normalized spacial score (nSPS) is 10.8. The van der Waals surface area contributed by atoms with E-state index in [1.54, 1.807) is 19.4 Å². The van der Waals surface area contributed by atoms with Crippen LogP contribution in [0.2, 0.25) is 0 Å². The number of urea groups is 1. The van der Waals surface area contributed by atoms with Crippen LogP contribution in [-0.4, -0.2) is 22.7 Å². The first-order valence-corrected chi connectivity index (χ1v) is 8.20. The molecule has 26 heavy (non-hydrogen) atoms. The summed E-state index contributed by atoms with van der Waals surface area (Å²) in [6.07, 6.45) is 3.66. The van der Waals surface area contributed by atoms with Crippen molar-refractivity contribution in [2.24, 2.45) is 7.05 Å². The van der Waals surface area contributed by atoms with Crippen LogP contribution in [0.1, 0.15) is 0 Å². The SMILES string of the molecule is COc1ccc2nccc(NC(=O)Nc3ccc4c(ccn4C)c3)c2c1. The fraction of sp³-hybridized carbons (Fsp3) is 0.100. The van der Waals surface area contributed by atoms with Gasteiger partial charge in [0.1, 0.15) is 5.75 Å². The van der Waals surface area contributed by atoms with Crippen LogP contribution in [0.5, 0.6) is 5.75 Å². The van der Waals surface area contributed by atoms with E-state index in [2.05, 4.69) is 15.6 Å². The topological polar surface area (TPSA) is 68.2 Å². The molecule has 2 N–H and O–H groups in total. The van der Waals surface area contributed by atoms with Crippen molar-refractivity contribution < 1.29 is 9.53 Å². The Kier molecular flexibility index (Phi) is 3.93. The molecule has 0 atom stereocenters. The third kappa shape index (κ3) is 2.93. The number of aryl methyl sites for hydroxylation is 1. The molecule has 4 aromatic rings. The molecular formula is C20H18N4O2. The Labute approximate surface area is 150 Å². The molecule has 0 bridgehead atoms. The highest BCUT2D eigenvalue weighted by atomic mass is 16.5. The molecule has 4 rings (SSSR count). The molecule has 0 aliphatic carbocycles. The Morgan fingerprint density at radius 2 is 1.96 bits per heavy atom. The highest BCUT2D eigenvalue weighted by Gasteiger charge is 2.09. The number of ether oxygens (including phenoxy) is 1. The summed E-state index contributed by atoms with van der Waals surface area (Å²) < 4.78 is 7.30. The number of aromatic nitrogens is 2. The molecule has 0 aliphatic heterocycles. The maximum Gasteiger partial charge on any atom is 0.323 e. The molecule has 0 saturated carbocycles. The average molecular weight is 346 g/mol. The second kappa shape index (κ2) is 6.40. The van der Waals surface area contributed by atoms with E-state index in [1.165, 1.54) is 0 Å². The van der Waals surface area contributed by atoms with Crippen LogP contribution in [0.3, 0.4) is 0 Å². The van der Waals surface area contributed by atoms with E-state index in [0.717, 1.165) is 27.5 Å². The summed E-state index contributed by atoms with van der Waals surface area (Å²) in [6.45, 7) is 0. The first-order chi connectivity index (χ1) is 12.6. The highest BCUT2D eigenvalue weighted by Crippen LogP contribution is 2.26. The lowest BCUT2D eigenvalue weighted by molar-refractivity contribution is 0.262. The molecule has 130 valence electrons. The first kappa shape index (κ1) is 16.0. The standard InChI is InChI=1S/C20H18N4O2/c1-24-10-8-13-11-14(3-6-19(13)24)22-20(25)23-18-7-9-21-17-5-4-15(26-2)12-16(17)18/h3-12H,1-2H3,(H2,21,22,23,25). The molecule has 2 aromatic heterocycles. The second-order valence-electron chi connectivity index (χ2n) is 6.02. The van der Waals surface area contributed by atoms with E-state index >= 15 is 0 Å². The first-order valence-electron chi connectivity index (χ1n) is 8.20. The van der Waals surface area contributed by atoms with E-state index < -0.39 is 0 Å². The van der Waals surface area contributed by atoms with Gasteiger partial charge >= 0.3 is 6.03 Å². The summed E-state index contributed by atoms with van der Waals surface area (Å²) >= 11 is 0. The summed E-state index contributed by atoms with van der Waals surface area (Å²) in [4.78, 5) is 16.8. The number of nitrogens with zero attached hydrogens (tertiary/aromatic N) is 2. The molecule has 6 heteroatoms. The second-order valence-corrected chi connectivity index (χ2v) is 6.02. The predicted octanol–water partition coefficient (Wildman–Crippen LogP) is 4.38. The van der Waals surface area contributed by atoms with Gasteiger partial charge in [-0.2, -0.15) is 0 Å². The van der Waals surface area contributed by atoms with Crippen LogP contribution in [0.4, 0.5) is 16.2 Å². The maximum absolute atomic E-state index is 12.4. The fourth-order valence-corrected chi connectivity index (χ4v) is 3.01. The molecule has 2 amide bonds. The average Bonchev–Trinajstić information content (AvgIpc) is 3.02. The molecule has 0 spiro atoms. The van der Waals surface area contributed by atoms with Gasteiger partial charge in [0.2, 0.25) is 0 Å². The van der Waals surface area contributed by atoms with Crippen LogP contribution in [0.25, 0.3) is 21.8 Å². The van der Waals surface area contributed by atoms with Crippen LogP contribution in [-0.2, 0) is 7.05 Å². The summed E-state index contributed by atoms with van der Waals surface area (Å²) in [5.74, 6) is 0.712. The van der Waals surface area contributed by atoms with Crippen molar-refractivity contribution >= 4 is 39.2 Å². The van der Waals surface area contributed by atoms with Crippen molar-refractivity contribution in [3.05, 3.63) is 60.9 Å². The molecule has 0 saturated heterocycles. The number of nitrogens with one attached hydrogen (secondary N) is 2. The van der Waals surface area contributed by atoms with Gasteiger partial charge in [-0.3, -0.25) is 4.98 Å². The number of carbonyl (C=O) groups is 1. The molecule has 2 heterocycles. The van der Waals surface area contributed by atoms with Crippen LogP contribution in [0, 0.1) is 0 Å². The Morgan fingerprint density at radius 1 is 1.08 bits per heavy atom. The molecular weight excluding hydrogens is 328 g/mol. The van der Waals surface area contributed by atoms with Crippen molar-refractivity contribution in [1.29, 1.82) is 0 Å². The van der Waals surface area contributed by atoms with Crippen molar-refractivity contribution in [2.75, 3.05) is 17.7 Å². The van der Waals surface area contributed by atoms with E-state index in [0.29, 0.717) is 11.4 Å². The number of anilines is 2. The van der Waals surface area contributed by atoms with Gasteiger partial charge in [-0.25, -0.2) is 4.79 Å². The number of hydrogen-bond acceptors (Lipinski definition) is 3. The minimum absolute atomic E-state index is 0.310. The Morgan fingerprint density at radius 3 is 2.81 bits per heavy atom. The van der Waals surface area contributed by atoms with Gasteiger partial charge in [0.05, 0.1) is 18.3 Å². The number of pyridine rings is 1. The Bertz CT molecular complexity index is 1120. The minimum Gasteiger partial charge on any atom is -0.497 e. The van der Waals surface area contributed by atoms with Crippen LogP contribution >= 0.6 is 0 Å². The van der Waals surface area contributed by atoms with Gasteiger partial charge in [0, 0.05) is 41.4 Å². The third-order valence-electron chi connectivity index (χ3n) is 4.34. The summed E-state index contributed by atoms with van der Waals surface area (Å²) in [5, 5.41) is 7.65. The van der Waals surface area contributed by atoms with Crippen molar-refractivity contribution in [3.63, 3.8) is 0 Å². The van der Waals surface area contributed by atoms with Crippen molar-refractivity contribution in [3.8, 4) is 5.75 Å². The summed E-state index contributed by atoms with van der Waals surface area (Å²) in [5.41, 5.74) is 3.31. The van der Waals surface area contributed by atoms with Crippen LogP contribution < -0.4 is 15.4 Å². The Hall–Kier alpha value is -3.54. The number of carbonyl (C=O) groups excluding carboxylic acids is 1. The van der Waals surface area contributed by atoms with Gasteiger partial charge in [-0.1, -0.05) is 0 Å². The number of amides is 2. The van der Waals surface area contributed by atoms with Gasteiger partial charge in [-0.05, 0) is 48.5 Å². The summed E-state index contributed by atoms with van der Waals surface area (Å²) in [7, 11) is 3.60. The van der Waals surface area contributed by atoms with E-state index in [4.69, 9.17) is 4.74 Å². The van der Waals surface area contributed by atoms with Gasteiger partial charge < -0.3 is 19.9 Å². The maximum atomic E-state index is 12.4. The van der Waals surface area contributed by atoms with Crippen LogP contribution in [0.15, 0.2) is 60.9 Å². The molecule has 2 aromatic carbocycles. The monoisotopic (exact) mass is 346 g/mol. The van der Waals surface area contributed by atoms with E-state index in [-0.39, 0.29) is 6.03 Å². The summed E-state index contributed by atoms with van der Waals surface area (Å²) in [6, 6.07) is 14.8. The molecule has 0 unspecified atom stereocenters. The zero-order valence-electron chi connectivity index (χ0n) is 14.5. The Balaban J connectivity index is 1.58. The highest BCUT2D eigenvalue weighted by molar-refractivity contribution is 6.06. The number of benzene rings is 2. The van der Waals surface area contributed by atoms with E-state index in [1.807, 2.05) is 60.3 Å². The zero-order valence-corrected chi connectivity index (χ0v) is 14.5. The number of methoxy groups -OCH3 is 1.